The van der Waals surface area contributed by atoms with E-state index in [9.17, 15) is 4.79 Å². The average molecular weight is 239 g/mol. The van der Waals surface area contributed by atoms with E-state index in [-0.39, 0.29) is 5.91 Å². The lowest BCUT2D eigenvalue weighted by Gasteiger charge is -2.05. The van der Waals surface area contributed by atoms with Gasteiger partial charge >= 0.3 is 0 Å². The van der Waals surface area contributed by atoms with Gasteiger partial charge in [0.1, 0.15) is 0 Å². The van der Waals surface area contributed by atoms with Crippen LogP contribution in [0.4, 0.5) is 0 Å². The van der Waals surface area contributed by atoms with Gasteiger partial charge in [-0.05, 0) is 23.1 Å². The van der Waals surface area contributed by atoms with Gasteiger partial charge in [-0.2, -0.15) is 0 Å². The molecule has 2 rings (SSSR count). The monoisotopic (exact) mass is 239 g/mol. The molecule has 0 aliphatic heterocycles. The maximum Gasteiger partial charge on any atom is 0.216 e. The minimum atomic E-state index is 0.0240. The quantitative estimate of drug-likeness (QED) is 0.873. The highest BCUT2D eigenvalue weighted by molar-refractivity contribution is 5.72. The Hall–Kier alpha value is -2.09. The fraction of sp³-hybridized carbons (Fsp3) is 0.188. The van der Waals surface area contributed by atoms with E-state index in [2.05, 4.69) is 41.7 Å². The summed E-state index contributed by atoms with van der Waals surface area (Å²) < 4.78 is 0. The lowest BCUT2D eigenvalue weighted by molar-refractivity contribution is -0.118. The minimum absolute atomic E-state index is 0.0240. The van der Waals surface area contributed by atoms with Crippen LogP contribution < -0.4 is 5.32 Å². The van der Waals surface area contributed by atoms with E-state index in [1.54, 1.807) is 6.92 Å². The summed E-state index contributed by atoms with van der Waals surface area (Å²) in [5.41, 5.74) is 3.69. The Labute approximate surface area is 108 Å². The van der Waals surface area contributed by atoms with Gasteiger partial charge in [-0.3, -0.25) is 4.79 Å². The molecule has 2 nitrogen and oxygen atoms in total. The van der Waals surface area contributed by atoms with Crippen LogP contribution in [0, 0.1) is 0 Å². The molecule has 0 heterocycles. The summed E-state index contributed by atoms with van der Waals surface area (Å²) in [6, 6.07) is 18.8. The van der Waals surface area contributed by atoms with Crippen molar-refractivity contribution in [2.75, 3.05) is 6.54 Å². The Morgan fingerprint density at radius 3 is 2.17 bits per heavy atom. The van der Waals surface area contributed by atoms with E-state index in [1.165, 1.54) is 16.7 Å². The van der Waals surface area contributed by atoms with E-state index < -0.39 is 0 Å². The Bertz CT molecular complexity index is 502. The molecule has 2 aromatic rings. The molecule has 0 aromatic heterocycles. The fourth-order valence-corrected chi connectivity index (χ4v) is 1.88. The van der Waals surface area contributed by atoms with Gasteiger partial charge in [0.25, 0.3) is 0 Å². The Balaban J connectivity index is 2.00. The molecule has 92 valence electrons. The van der Waals surface area contributed by atoms with Gasteiger partial charge in [0, 0.05) is 13.5 Å². The predicted octanol–water partition coefficient (Wildman–Crippen LogP) is 3.03. The molecule has 0 unspecified atom stereocenters. The van der Waals surface area contributed by atoms with Crippen LogP contribution in [0.25, 0.3) is 11.1 Å². The number of carbonyl (C=O) groups is 1. The summed E-state index contributed by atoms with van der Waals surface area (Å²) in [7, 11) is 0. The number of hydrogen-bond donors (Lipinski definition) is 1. The molecule has 0 radical (unpaired) electrons. The number of hydrogen-bond acceptors (Lipinski definition) is 1. The van der Waals surface area contributed by atoms with E-state index >= 15 is 0 Å². The van der Waals surface area contributed by atoms with Crippen LogP contribution in [-0.2, 0) is 11.2 Å². The first kappa shape index (κ1) is 12.4. The molecular weight excluding hydrogens is 222 g/mol. The zero-order chi connectivity index (χ0) is 12.8. The highest BCUT2D eigenvalue weighted by Crippen LogP contribution is 2.19. The van der Waals surface area contributed by atoms with Crippen LogP contribution in [0.1, 0.15) is 12.5 Å². The van der Waals surface area contributed by atoms with Gasteiger partial charge in [-0.15, -0.1) is 0 Å². The third kappa shape index (κ3) is 3.45. The Morgan fingerprint density at radius 1 is 0.944 bits per heavy atom. The van der Waals surface area contributed by atoms with Gasteiger partial charge in [0.15, 0.2) is 0 Å². The molecule has 18 heavy (non-hydrogen) atoms. The normalized spacial score (nSPS) is 10.1. The summed E-state index contributed by atoms with van der Waals surface area (Å²) in [5, 5.41) is 2.80. The Kier molecular flexibility index (Phi) is 4.13. The lowest BCUT2D eigenvalue weighted by atomic mass is 10.0. The summed E-state index contributed by atoms with van der Waals surface area (Å²) >= 11 is 0. The van der Waals surface area contributed by atoms with Gasteiger partial charge in [-0.1, -0.05) is 54.6 Å². The van der Waals surface area contributed by atoms with Crippen molar-refractivity contribution in [1.82, 2.24) is 5.32 Å². The molecule has 2 aromatic carbocycles. The third-order valence-electron chi connectivity index (χ3n) is 2.85. The van der Waals surface area contributed by atoms with Gasteiger partial charge < -0.3 is 5.32 Å². The molecule has 1 amide bonds. The molecular formula is C16H17NO. The Morgan fingerprint density at radius 2 is 1.56 bits per heavy atom. The predicted molar refractivity (Wildman–Crippen MR) is 74.3 cm³/mol. The molecule has 0 spiro atoms. The van der Waals surface area contributed by atoms with Gasteiger partial charge in [0.05, 0.1) is 0 Å². The smallest absolute Gasteiger partial charge is 0.216 e. The topological polar surface area (TPSA) is 29.1 Å². The second-order valence-corrected chi connectivity index (χ2v) is 4.30. The summed E-state index contributed by atoms with van der Waals surface area (Å²) in [5.74, 6) is 0.0240. The zero-order valence-corrected chi connectivity index (χ0v) is 10.5. The number of rotatable bonds is 4. The maximum atomic E-state index is 10.8. The highest BCUT2D eigenvalue weighted by atomic mass is 16.1. The molecule has 0 aliphatic carbocycles. The highest BCUT2D eigenvalue weighted by Gasteiger charge is 1.98. The third-order valence-corrected chi connectivity index (χ3v) is 2.85. The van der Waals surface area contributed by atoms with Crippen LogP contribution in [0.2, 0.25) is 0 Å². The number of benzene rings is 2. The van der Waals surface area contributed by atoms with E-state index in [4.69, 9.17) is 0 Å². The molecule has 0 aliphatic rings. The van der Waals surface area contributed by atoms with Crippen LogP contribution >= 0.6 is 0 Å². The SMILES string of the molecule is CC(=O)NCCc1ccc(-c2ccccc2)cc1. The van der Waals surface area contributed by atoms with Crippen LogP contribution in [-0.4, -0.2) is 12.5 Å². The summed E-state index contributed by atoms with van der Waals surface area (Å²) in [6.07, 6.45) is 0.870. The van der Waals surface area contributed by atoms with Crippen molar-refractivity contribution in [2.24, 2.45) is 0 Å². The van der Waals surface area contributed by atoms with E-state index in [0.717, 1.165) is 6.42 Å². The van der Waals surface area contributed by atoms with Crippen molar-refractivity contribution in [3.8, 4) is 11.1 Å². The van der Waals surface area contributed by atoms with Crippen molar-refractivity contribution in [1.29, 1.82) is 0 Å². The molecule has 2 heteroatoms. The maximum absolute atomic E-state index is 10.8. The van der Waals surface area contributed by atoms with Crippen LogP contribution in [0.15, 0.2) is 54.6 Å². The molecule has 0 saturated heterocycles. The van der Waals surface area contributed by atoms with Gasteiger partial charge in [-0.25, -0.2) is 0 Å². The number of carbonyl (C=O) groups excluding carboxylic acids is 1. The van der Waals surface area contributed by atoms with Crippen molar-refractivity contribution < 1.29 is 4.79 Å². The fourth-order valence-electron chi connectivity index (χ4n) is 1.88. The van der Waals surface area contributed by atoms with E-state index in [1.807, 2.05) is 18.2 Å². The van der Waals surface area contributed by atoms with Crippen molar-refractivity contribution in [3.05, 3.63) is 60.2 Å². The van der Waals surface area contributed by atoms with Crippen LogP contribution in [0.5, 0.6) is 0 Å². The summed E-state index contributed by atoms with van der Waals surface area (Å²) in [6.45, 7) is 2.23. The zero-order valence-electron chi connectivity index (χ0n) is 10.5. The second-order valence-electron chi connectivity index (χ2n) is 4.30. The first-order valence-electron chi connectivity index (χ1n) is 6.14. The van der Waals surface area contributed by atoms with Crippen molar-refractivity contribution in [3.63, 3.8) is 0 Å². The molecule has 0 fully saturated rings. The number of amides is 1. The first-order valence-corrected chi connectivity index (χ1v) is 6.14. The first-order chi connectivity index (χ1) is 8.75. The molecule has 1 N–H and O–H groups in total. The van der Waals surface area contributed by atoms with E-state index in [0.29, 0.717) is 6.54 Å². The largest absolute Gasteiger partial charge is 0.356 e. The van der Waals surface area contributed by atoms with Crippen molar-refractivity contribution in [2.45, 2.75) is 13.3 Å². The van der Waals surface area contributed by atoms with Crippen molar-refractivity contribution >= 4 is 5.91 Å². The molecule has 0 atom stereocenters. The minimum Gasteiger partial charge on any atom is -0.356 e. The standard InChI is InChI=1S/C16H17NO/c1-13(18)17-12-11-14-7-9-16(10-8-14)15-5-3-2-4-6-15/h2-10H,11-12H2,1H3,(H,17,18). The van der Waals surface area contributed by atoms with Gasteiger partial charge in [0.2, 0.25) is 5.91 Å². The second kappa shape index (κ2) is 6.01. The lowest BCUT2D eigenvalue weighted by Crippen LogP contribution is -2.22. The summed E-state index contributed by atoms with van der Waals surface area (Å²) in [4.78, 5) is 10.8. The van der Waals surface area contributed by atoms with Crippen LogP contribution in [0.3, 0.4) is 0 Å². The average Bonchev–Trinajstić information content (AvgIpc) is 2.40. The molecule has 0 bridgehead atoms. The number of nitrogens with one attached hydrogen (secondary N) is 1. The molecule has 0 saturated carbocycles.